The second-order valence-electron chi connectivity index (χ2n) is 2.71. The first-order valence-corrected chi connectivity index (χ1v) is 4.57. The van der Waals surface area contributed by atoms with E-state index >= 15 is 0 Å². The summed E-state index contributed by atoms with van der Waals surface area (Å²) < 4.78 is 50.6. The van der Waals surface area contributed by atoms with Gasteiger partial charge in [-0.15, -0.1) is 11.3 Å². The van der Waals surface area contributed by atoms with Crippen LogP contribution in [-0.4, -0.2) is 0 Å². The average Bonchev–Trinajstić information content (AvgIpc) is 2.43. The van der Waals surface area contributed by atoms with E-state index in [9.17, 15) is 17.6 Å². The van der Waals surface area contributed by atoms with Gasteiger partial charge in [0.05, 0.1) is 0 Å². The summed E-state index contributed by atoms with van der Waals surface area (Å²) in [6.07, 6.45) is -2.71. The Balaban J connectivity index is 2.81. The smallest absolute Gasteiger partial charge is 0.205 e. The van der Waals surface area contributed by atoms with Crippen LogP contribution in [0.2, 0.25) is 0 Å². The van der Waals surface area contributed by atoms with Crippen LogP contribution >= 0.6 is 11.3 Å². The van der Waals surface area contributed by atoms with Crippen LogP contribution in [-0.2, 0) is 0 Å². The van der Waals surface area contributed by atoms with Crippen molar-refractivity contribution in [2.24, 2.45) is 0 Å². The Labute approximate surface area is 80.8 Å². The van der Waals surface area contributed by atoms with Crippen molar-refractivity contribution in [1.82, 2.24) is 0 Å². The Morgan fingerprint density at radius 1 is 1.14 bits per heavy atom. The van der Waals surface area contributed by atoms with Crippen molar-refractivity contribution in [1.29, 1.82) is 0 Å². The zero-order chi connectivity index (χ0) is 10.3. The van der Waals surface area contributed by atoms with Gasteiger partial charge >= 0.3 is 0 Å². The second kappa shape index (κ2) is 3.24. The molecule has 0 unspecified atom stereocenters. The molecule has 0 saturated carbocycles. The third kappa shape index (κ3) is 1.28. The van der Waals surface area contributed by atoms with E-state index in [1.807, 2.05) is 0 Å². The molecule has 0 aliphatic heterocycles. The molecule has 0 saturated heterocycles. The molecule has 1 aromatic carbocycles. The van der Waals surface area contributed by atoms with Gasteiger partial charge in [0, 0.05) is 15.6 Å². The van der Waals surface area contributed by atoms with Crippen molar-refractivity contribution < 1.29 is 17.6 Å². The summed E-state index contributed by atoms with van der Waals surface area (Å²) in [5.74, 6) is -1.05. The number of fused-ring (bicyclic) bond motifs is 1. The number of rotatable bonds is 1. The molecular formula is C9H4F4S. The summed E-state index contributed by atoms with van der Waals surface area (Å²) in [6, 6.07) is 3.75. The van der Waals surface area contributed by atoms with Crippen LogP contribution in [0.25, 0.3) is 10.1 Å². The minimum atomic E-state index is -2.71. The van der Waals surface area contributed by atoms with Crippen LogP contribution in [0.1, 0.15) is 12.0 Å². The molecule has 74 valence electrons. The molecule has 0 aliphatic rings. The Hall–Kier alpha value is -1.10. The summed E-state index contributed by atoms with van der Waals surface area (Å²) in [5, 5.41) is -1.13. The molecule has 0 N–H and O–H groups in total. The molecule has 5 heteroatoms. The van der Waals surface area contributed by atoms with Gasteiger partial charge in [-0.05, 0) is 0 Å². The highest BCUT2D eigenvalue weighted by Crippen LogP contribution is 2.35. The molecule has 2 rings (SSSR count). The molecule has 1 heterocycles. The Kier molecular flexibility index (Phi) is 2.19. The van der Waals surface area contributed by atoms with E-state index in [4.69, 9.17) is 0 Å². The van der Waals surface area contributed by atoms with E-state index in [-0.39, 0.29) is 15.6 Å². The first kappa shape index (κ1) is 9.45. The fourth-order valence-corrected chi connectivity index (χ4v) is 2.18. The third-order valence-electron chi connectivity index (χ3n) is 1.88. The summed E-state index contributed by atoms with van der Waals surface area (Å²) in [4.78, 5) is 0. The third-order valence-corrected chi connectivity index (χ3v) is 2.90. The minimum absolute atomic E-state index is 0.0162. The molecule has 14 heavy (non-hydrogen) atoms. The highest BCUT2D eigenvalue weighted by molar-refractivity contribution is 7.17. The van der Waals surface area contributed by atoms with Gasteiger partial charge < -0.3 is 0 Å². The van der Waals surface area contributed by atoms with Gasteiger partial charge in [-0.1, -0.05) is 18.2 Å². The number of hydrogen-bond donors (Lipinski definition) is 0. The van der Waals surface area contributed by atoms with E-state index in [1.165, 1.54) is 18.2 Å². The van der Waals surface area contributed by atoms with Crippen molar-refractivity contribution in [2.45, 2.75) is 6.43 Å². The molecule has 0 amide bonds. The van der Waals surface area contributed by atoms with Crippen LogP contribution in [0.5, 0.6) is 0 Å². The first-order valence-electron chi connectivity index (χ1n) is 3.76. The van der Waals surface area contributed by atoms with Crippen LogP contribution in [0.4, 0.5) is 17.6 Å². The standard InChI is InChI=1S/C9H4F4S/c10-6-4-2-1-3-5(8(11)12)7(4)14-9(6)13/h1-3,8H. The molecule has 0 fully saturated rings. The summed E-state index contributed by atoms with van der Waals surface area (Å²) in [6.45, 7) is 0. The van der Waals surface area contributed by atoms with Gasteiger partial charge in [0.1, 0.15) is 0 Å². The van der Waals surface area contributed by atoms with Gasteiger partial charge in [0.15, 0.2) is 5.82 Å². The molecule has 0 aliphatic carbocycles. The van der Waals surface area contributed by atoms with Gasteiger partial charge in [0.25, 0.3) is 6.43 Å². The number of halogens is 4. The lowest BCUT2D eigenvalue weighted by molar-refractivity contribution is 0.153. The topological polar surface area (TPSA) is 0 Å². The summed E-state index contributed by atoms with van der Waals surface area (Å²) >= 11 is 0.412. The Bertz CT molecular complexity index is 475. The van der Waals surface area contributed by atoms with Crippen LogP contribution in [0, 0.1) is 10.9 Å². The monoisotopic (exact) mass is 220 g/mol. The largest absolute Gasteiger partial charge is 0.265 e. The number of benzene rings is 1. The fourth-order valence-electron chi connectivity index (χ4n) is 1.25. The van der Waals surface area contributed by atoms with Crippen molar-refractivity contribution in [3.63, 3.8) is 0 Å². The summed E-state index contributed by atoms with van der Waals surface area (Å²) in [5.41, 5.74) is -0.324. The quantitative estimate of drug-likeness (QED) is 0.634. The minimum Gasteiger partial charge on any atom is -0.205 e. The lowest BCUT2D eigenvalue weighted by atomic mass is 10.2. The zero-order valence-corrected chi connectivity index (χ0v) is 7.55. The SMILES string of the molecule is Fc1sc2c(C(F)F)cccc2c1F. The van der Waals surface area contributed by atoms with Crippen LogP contribution < -0.4 is 0 Å². The Morgan fingerprint density at radius 3 is 2.50 bits per heavy atom. The number of hydrogen-bond acceptors (Lipinski definition) is 1. The molecular weight excluding hydrogens is 216 g/mol. The molecule has 0 nitrogen and oxygen atoms in total. The maximum Gasteiger partial charge on any atom is 0.265 e. The van der Waals surface area contributed by atoms with E-state index in [1.54, 1.807) is 0 Å². The maximum atomic E-state index is 13.0. The van der Waals surface area contributed by atoms with Crippen molar-refractivity contribution >= 4 is 21.4 Å². The second-order valence-corrected chi connectivity index (χ2v) is 3.69. The molecule has 1 aromatic heterocycles. The van der Waals surface area contributed by atoms with Crippen molar-refractivity contribution in [2.75, 3.05) is 0 Å². The van der Waals surface area contributed by atoms with E-state index in [2.05, 4.69) is 0 Å². The molecule has 0 atom stereocenters. The average molecular weight is 220 g/mol. The molecule has 2 aromatic rings. The van der Waals surface area contributed by atoms with Gasteiger partial charge in [0.2, 0.25) is 5.13 Å². The highest BCUT2D eigenvalue weighted by atomic mass is 32.1. The van der Waals surface area contributed by atoms with Crippen molar-refractivity contribution in [3.8, 4) is 0 Å². The molecule has 0 spiro atoms. The van der Waals surface area contributed by atoms with Crippen molar-refractivity contribution in [3.05, 3.63) is 34.7 Å². The predicted octanol–water partition coefficient (Wildman–Crippen LogP) is 4.12. The van der Waals surface area contributed by atoms with E-state index < -0.39 is 17.4 Å². The van der Waals surface area contributed by atoms with E-state index in [0.29, 0.717) is 11.3 Å². The van der Waals surface area contributed by atoms with E-state index in [0.717, 1.165) is 0 Å². The first-order chi connectivity index (χ1) is 6.61. The fraction of sp³-hybridized carbons (Fsp3) is 0.111. The lowest BCUT2D eigenvalue weighted by Gasteiger charge is -1.99. The predicted molar refractivity (Wildman–Crippen MR) is 46.7 cm³/mol. The molecule has 0 bridgehead atoms. The van der Waals surface area contributed by atoms with Crippen LogP contribution in [0.3, 0.4) is 0 Å². The lowest BCUT2D eigenvalue weighted by Crippen LogP contribution is -1.83. The van der Waals surface area contributed by atoms with Gasteiger partial charge in [-0.2, -0.15) is 4.39 Å². The van der Waals surface area contributed by atoms with Gasteiger partial charge in [-0.3, -0.25) is 0 Å². The molecule has 0 radical (unpaired) electrons. The van der Waals surface area contributed by atoms with Crippen LogP contribution in [0.15, 0.2) is 18.2 Å². The van der Waals surface area contributed by atoms with Gasteiger partial charge in [-0.25, -0.2) is 13.2 Å². The summed E-state index contributed by atoms with van der Waals surface area (Å²) in [7, 11) is 0. The Morgan fingerprint density at radius 2 is 1.86 bits per heavy atom. The highest BCUT2D eigenvalue weighted by Gasteiger charge is 2.18. The number of thiophene rings is 1. The normalized spacial score (nSPS) is 11.5. The maximum absolute atomic E-state index is 13.0. The zero-order valence-electron chi connectivity index (χ0n) is 6.73. The number of alkyl halides is 2.